The van der Waals surface area contributed by atoms with Crippen LogP contribution in [0.25, 0.3) is 0 Å². The van der Waals surface area contributed by atoms with E-state index in [4.69, 9.17) is 0 Å². The molecule has 3 rings (SSSR count). The summed E-state index contributed by atoms with van der Waals surface area (Å²) >= 11 is 1.66. The van der Waals surface area contributed by atoms with E-state index < -0.39 is 5.82 Å². The zero-order valence-corrected chi connectivity index (χ0v) is 14.3. The van der Waals surface area contributed by atoms with Crippen LogP contribution < -0.4 is 5.32 Å². The largest absolute Gasteiger partial charge is 0.350 e. The van der Waals surface area contributed by atoms with Crippen molar-refractivity contribution < 1.29 is 9.18 Å². The van der Waals surface area contributed by atoms with Crippen molar-refractivity contribution in [1.29, 1.82) is 0 Å². The minimum atomic E-state index is -0.478. The molecule has 1 amide bonds. The summed E-state index contributed by atoms with van der Waals surface area (Å²) in [7, 11) is 0. The summed E-state index contributed by atoms with van der Waals surface area (Å²) in [5.41, 5.74) is 1.33. The maximum atomic E-state index is 13.7. The van der Waals surface area contributed by atoms with Gasteiger partial charge in [-0.15, -0.1) is 12.4 Å². The highest BCUT2D eigenvalue weighted by molar-refractivity contribution is 7.07. The van der Waals surface area contributed by atoms with Crippen LogP contribution in [-0.2, 0) is 0 Å². The first-order chi connectivity index (χ1) is 10.8. The fourth-order valence-corrected chi connectivity index (χ4v) is 3.61. The number of likely N-dealkylation sites (tertiary alicyclic amines) is 1. The van der Waals surface area contributed by atoms with E-state index in [9.17, 15) is 9.18 Å². The van der Waals surface area contributed by atoms with Crippen LogP contribution in [0.3, 0.4) is 0 Å². The number of benzene rings is 1. The number of carbonyl (C=O) groups excluding carboxylic acids is 1. The molecule has 2 heterocycles. The second kappa shape index (κ2) is 8.43. The summed E-state index contributed by atoms with van der Waals surface area (Å²) < 4.78 is 13.7. The lowest BCUT2D eigenvalue weighted by Crippen LogP contribution is -2.36. The summed E-state index contributed by atoms with van der Waals surface area (Å²) in [6, 6.07) is 8.36. The molecule has 0 bridgehead atoms. The van der Waals surface area contributed by atoms with Gasteiger partial charge in [-0.3, -0.25) is 9.69 Å². The molecule has 1 fully saturated rings. The third-order valence-corrected chi connectivity index (χ3v) is 4.79. The van der Waals surface area contributed by atoms with Crippen LogP contribution in [0.5, 0.6) is 0 Å². The molecule has 1 aliphatic rings. The molecule has 0 spiro atoms. The summed E-state index contributed by atoms with van der Waals surface area (Å²) in [5, 5.41) is 7.07. The number of halogens is 2. The van der Waals surface area contributed by atoms with E-state index in [1.165, 1.54) is 30.5 Å². The van der Waals surface area contributed by atoms with Crippen molar-refractivity contribution in [3.05, 3.63) is 58.0 Å². The Balaban J connectivity index is 0.00000192. The molecule has 3 nitrogen and oxygen atoms in total. The number of nitrogens with zero attached hydrogens (tertiary/aromatic N) is 1. The Morgan fingerprint density at radius 3 is 2.65 bits per heavy atom. The Kier molecular flexibility index (Phi) is 6.57. The van der Waals surface area contributed by atoms with Crippen LogP contribution in [-0.4, -0.2) is 30.4 Å². The molecule has 1 unspecified atom stereocenters. The fraction of sp³-hybridized carbons (Fsp3) is 0.353. The highest BCUT2D eigenvalue weighted by Crippen LogP contribution is 2.26. The SMILES string of the molecule is Cl.O=C(NCC(c1ccsc1)N1CCCC1)c1ccccc1F. The predicted molar refractivity (Wildman–Crippen MR) is 93.8 cm³/mol. The van der Waals surface area contributed by atoms with Crippen LogP contribution in [0.1, 0.15) is 34.8 Å². The van der Waals surface area contributed by atoms with Crippen molar-refractivity contribution >= 4 is 29.7 Å². The van der Waals surface area contributed by atoms with Crippen LogP contribution in [0, 0.1) is 5.82 Å². The summed E-state index contributed by atoms with van der Waals surface area (Å²) in [6.45, 7) is 2.61. The second-order valence-electron chi connectivity index (χ2n) is 5.51. The van der Waals surface area contributed by atoms with Crippen LogP contribution >= 0.6 is 23.7 Å². The summed E-state index contributed by atoms with van der Waals surface area (Å²) in [4.78, 5) is 14.6. The van der Waals surface area contributed by atoms with Crippen LogP contribution in [0.2, 0.25) is 0 Å². The molecule has 23 heavy (non-hydrogen) atoms. The predicted octanol–water partition coefficient (Wildman–Crippen LogP) is 3.88. The molecule has 0 radical (unpaired) electrons. The average Bonchev–Trinajstić information content (AvgIpc) is 3.21. The maximum Gasteiger partial charge on any atom is 0.254 e. The second-order valence-corrected chi connectivity index (χ2v) is 6.29. The highest BCUT2D eigenvalue weighted by atomic mass is 35.5. The molecular weight excluding hydrogens is 335 g/mol. The van der Waals surface area contributed by atoms with Gasteiger partial charge in [0, 0.05) is 6.54 Å². The maximum absolute atomic E-state index is 13.7. The Morgan fingerprint density at radius 2 is 2.00 bits per heavy atom. The normalized spacial score (nSPS) is 15.9. The van der Waals surface area contributed by atoms with Crippen LogP contribution in [0.15, 0.2) is 41.1 Å². The highest BCUT2D eigenvalue weighted by Gasteiger charge is 2.24. The quantitative estimate of drug-likeness (QED) is 0.883. The van der Waals surface area contributed by atoms with Crippen LogP contribution in [0.4, 0.5) is 4.39 Å². The van der Waals surface area contributed by atoms with Crippen molar-refractivity contribution in [1.82, 2.24) is 10.2 Å². The number of rotatable bonds is 5. The van der Waals surface area contributed by atoms with Gasteiger partial charge in [0.05, 0.1) is 11.6 Å². The number of carbonyl (C=O) groups is 1. The monoisotopic (exact) mass is 354 g/mol. The lowest BCUT2D eigenvalue weighted by molar-refractivity contribution is 0.0934. The lowest BCUT2D eigenvalue weighted by Gasteiger charge is -2.27. The van der Waals surface area contributed by atoms with E-state index in [0.717, 1.165) is 13.1 Å². The first-order valence-corrected chi connectivity index (χ1v) is 8.49. The Bertz CT molecular complexity index is 629. The number of nitrogens with one attached hydrogen (secondary N) is 1. The van der Waals surface area contributed by atoms with E-state index in [-0.39, 0.29) is 29.9 Å². The smallest absolute Gasteiger partial charge is 0.254 e. The first kappa shape index (κ1) is 17.9. The van der Waals surface area contributed by atoms with Gasteiger partial charge in [0.1, 0.15) is 5.82 Å². The average molecular weight is 355 g/mol. The molecule has 124 valence electrons. The molecule has 2 aromatic rings. The zero-order valence-electron chi connectivity index (χ0n) is 12.7. The topological polar surface area (TPSA) is 32.3 Å². The molecule has 0 saturated carbocycles. The number of hydrogen-bond acceptors (Lipinski definition) is 3. The van der Waals surface area contributed by atoms with E-state index in [0.29, 0.717) is 6.54 Å². The summed E-state index contributed by atoms with van der Waals surface area (Å²) in [5.74, 6) is -0.828. The fourth-order valence-electron chi connectivity index (χ4n) is 2.91. The lowest BCUT2D eigenvalue weighted by atomic mass is 10.1. The third-order valence-electron chi connectivity index (χ3n) is 4.08. The van der Waals surface area contributed by atoms with Gasteiger partial charge in [-0.1, -0.05) is 12.1 Å². The van der Waals surface area contributed by atoms with Crippen molar-refractivity contribution in [3.63, 3.8) is 0 Å². The molecule has 1 aromatic carbocycles. The van der Waals surface area contributed by atoms with Crippen molar-refractivity contribution in [2.75, 3.05) is 19.6 Å². The Labute approximate surface area is 145 Å². The van der Waals surface area contributed by atoms with Gasteiger partial charge >= 0.3 is 0 Å². The van der Waals surface area contributed by atoms with Crippen molar-refractivity contribution in [2.24, 2.45) is 0 Å². The van der Waals surface area contributed by atoms with Gasteiger partial charge in [0.25, 0.3) is 5.91 Å². The molecule has 1 N–H and O–H groups in total. The number of amides is 1. The molecule has 1 saturated heterocycles. The molecule has 6 heteroatoms. The van der Waals surface area contributed by atoms with Gasteiger partial charge in [-0.05, 0) is 60.5 Å². The van der Waals surface area contributed by atoms with Gasteiger partial charge in [-0.25, -0.2) is 4.39 Å². The standard InChI is InChI=1S/C17H19FN2OS.ClH/c18-15-6-2-1-5-14(15)17(21)19-11-16(13-7-10-22-12-13)20-8-3-4-9-20;/h1-2,5-7,10,12,16H,3-4,8-9,11H2,(H,19,21);1H. The number of thiophene rings is 1. The molecule has 1 aromatic heterocycles. The first-order valence-electron chi connectivity index (χ1n) is 7.54. The van der Waals surface area contributed by atoms with E-state index in [2.05, 4.69) is 27.0 Å². The molecule has 1 atom stereocenters. The molecule has 1 aliphatic heterocycles. The van der Waals surface area contributed by atoms with Gasteiger partial charge in [-0.2, -0.15) is 11.3 Å². The van der Waals surface area contributed by atoms with E-state index in [1.807, 2.05) is 0 Å². The van der Waals surface area contributed by atoms with Crippen molar-refractivity contribution in [2.45, 2.75) is 18.9 Å². The van der Waals surface area contributed by atoms with Gasteiger partial charge in [0.15, 0.2) is 0 Å². The molecule has 0 aliphatic carbocycles. The van der Waals surface area contributed by atoms with E-state index in [1.54, 1.807) is 23.5 Å². The van der Waals surface area contributed by atoms with Gasteiger partial charge in [0.2, 0.25) is 0 Å². The van der Waals surface area contributed by atoms with Gasteiger partial charge < -0.3 is 5.32 Å². The minimum absolute atomic E-state index is 0. The van der Waals surface area contributed by atoms with E-state index >= 15 is 0 Å². The minimum Gasteiger partial charge on any atom is -0.350 e. The Hall–Kier alpha value is -1.43. The third kappa shape index (κ3) is 4.31. The zero-order chi connectivity index (χ0) is 15.4. The molecular formula is C17H20ClFN2OS. The van der Waals surface area contributed by atoms with Crippen molar-refractivity contribution in [3.8, 4) is 0 Å². The Morgan fingerprint density at radius 1 is 1.26 bits per heavy atom. The number of hydrogen-bond donors (Lipinski definition) is 1. The summed E-state index contributed by atoms with van der Waals surface area (Å²) in [6.07, 6.45) is 2.39.